The molecular weight excluding hydrogens is 300 g/mol. The number of aliphatic hydroxyl groups is 1. The standard InChI is InChI=1S/C21H26O3/c1-15-14-19(24-3)8-9-20(15)21(22)12-10-17(11-13-21)16-4-6-18(23-2)7-5-16/h4-9,14,17,22H,10-13H2,1-3H3. The predicted octanol–water partition coefficient (Wildman–Crippen LogP) is 4.56. The Morgan fingerprint density at radius 1 is 0.917 bits per heavy atom. The molecule has 0 aromatic heterocycles. The molecule has 0 saturated heterocycles. The van der Waals surface area contributed by atoms with Gasteiger partial charge in [-0.25, -0.2) is 0 Å². The van der Waals surface area contributed by atoms with Crippen LogP contribution in [0.5, 0.6) is 11.5 Å². The fraction of sp³-hybridized carbons (Fsp3) is 0.429. The lowest BCUT2D eigenvalue weighted by molar-refractivity contribution is -0.00623. The fourth-order valence-electron chi connectivity index (χ4n) is 3.86. The van der Waals surface area contributed by atoms with Gasteiger partial charge in [0.2, 0.25) is 0 Å². The lowest BCUT2D eigenvalue weighted by atomic mass is 9.72. The Hall–Kier alpha value is -2.00. The fourth-order valence-corrected chi connectivity index (χ4v) is 3.86. The van der Waals surface area contributed by atoms with Crippen LogP contribution in [0.15, 0.2) is 42.5 Å². The van der Waals surface area contributed by atoms with Crippen molar-refractivity contribution in [3.8, 4) is 11.5 Å². The van der Waals surface area contributed by atoms with Crippen LogP contribution in [0.25, 0.3) is 0 Å². The Labute approximate surface area is 144 Å². The zero-order valence-electron chi connectivity index (χ0n) is 14.7. The summed E-state index contributed by atoms with van der Waals surface area (Å²) >= 11 is 0. The summed E-state index contributed by atoms with van der Waals surface area (Å²) in [6, 6.07) is 14.3. The van der Waals surface area contributed by atoms with Crippen LogP contribution in [0.4, 0.5) is 0 Å². The number of hydrogen-bond donors (Lipinski definition) is 1. The smallest absolute Gasteiger partial charge is 0.119 e. The molecule has 0 unspecified atom stereocenters. The minimum Gasteiger partial charge on any atom is -0.497 e. The quantitative estimate of drug-likeness (QED) is 0.895. The van der Waals surface area contributed by atoms with Crippen LogP contribution in [0, 0.1) is 6.92 Å². The summed E-state index contributed by atoms with van der Waals surface area (Å²) in [7, 11) is 3.36. The number of benzene rings is 2. The van der Waals surface area contributed by atoms with E-state index in [1.807, 2.05) is 37.3 Å². The average Bonchev–Trinajstić information content (AvgIpc) is 2.62. The molecule has 0 amide bonds. The molecule has 0 atom stereocenters. The SMILES string of the molecule is COc1ccc(C2CCC(O)(c3ccc(OC)cc3C)CC2)cc1. The maximum Gasteiger partial charge on any atom is 0.119 e. The van der Waals surface area contributed by atoms with Crippen LogP contribution in [0.2, 0.25) is 0 Å². The van der Waals surface area contributed by atoms with Gasteiger partial charge in [-0.05, 0) is 79.5 Å². The van der Waals surface area contributed by atoms with Crippen LogP contribution < -0.4 is 9.47 Å². The van der Waals surface area contributed by atoms with E-state index in [1.54, 1.807) is 14.2 Å². The van der Waals surface area contributed by atoms with Crippen LogP contribution in [0.1, 0.15) is 48.3 Å². The molecule has 3 heteroatoms. The van der Waals surface area contributed by atoms with Crippen molar-refractivity contribution in [2.24, 2.45) is 0 Å². The summed E-state index contributed by atoms with van der Waals surface area (Å²) in [6.07, 6.45) is 3.57. The third-order valence-electron chi connectivity index (χ3n) is 5.33. The van der Waals surface area contributed by atoms with E-state index in [-0.39, 0.29) is 0 Å². The van der Waals surface area contributed by atoms with E-state index in [1.165, 1.54) is 5.56 Å². The van der Waals surface area contributed by atoms with Crippen LogP contribution >= 0.6 is 0 Å². The van der Waals surface area contributed by atoms with Gasteiger partial charge in [-0.15, -0.1) is 0 Å². The first-order valence-corrected chi connectivity index (χ1v) is 8.57. The molecule has 24 heavy (non-hydrogen) atoms. The van der Waals surface area contributed by atoms with Gasteiger partial charge in [-0.3, -0.25) is 0 Å². The Morgan fingerprint density at radius 2 is 1.50 bits per heavy atom. The molecule has 0 heterocycles. The van der Waals surface area contributed by atoms with Gasteiger partial charge in [-0.1, -0.05) is 18.2 Å². The van der Waals surface area contributed by atoms with Gasteiger partial charge in [0.1, 0.15) is 11.5 Å². The Kier molecular flexibility index (Phi) is 4.81. The van der Waals surface area contributed by atoms with Crippen molar-refractivity contribution in [3.63, 3.8) is 0 Å². The molecule has 0 aliphatic heterocycles. The molecule has 1 aliphatic rings. The van der Waals surface area contributed by atoms with Crippen molar-refractivity contribution in [3.05, 3.63) is 59.2 Å². The van der Waals surface area contributed by atoms with Gasteiger partial charge in [0.05, 0.1) is 19.8 Å². The van der Waals surface area contributed by atoms with Crippen molar-refractivity contribution in [2.75, 3.05) is 14.2 Å². The molecule has 2 aromatic carbocycles. The van der Waals surface area contributed by atoms with Gasteiger partial charge >= 0.3 is 0 Å². The summed E-state index contributed by atoms with van der Waals surface area (Å²) in [5.74, 6) is 2.24. The molecule has 1 fully saturated rings. The van der Waals surface area contributed by atoms with Crippen LogP contribution in [-0.4, -0.2) is 19.3 Å². The van der Waals surface area contributed by atoms with E-state index >= 15 is 0 Å². The molecule has 0 spiro atoms. The number of methoxy groups -OCH3 is 2. The molecular formula is C21H26O3. The van der Waals surface area contributed by atoms with Gasteiger partial charge in [0, 0.05) is 0 Å². The lowest BCUT2D eigenvalue weighted by Crippen LogP contribution is -2.31. The predicted molar refractivity (Wildman–Crippen MR) is 95.8 cm³/mol. The van der Waals surface area contributed by atoms with E-state index in [0.717, 1.165) is 48.3 Å². The maximum atomic E-state index is 11.2. The highest BCUT2D eigenvalue weighted by Gasteiger charge is 2.36. The lowest BCUT2D eigenvalue weighted by Gasteiger charge is -2.37. The largest absolute Gasteiger partial charge is 0.497 e. The summed E-state index contributed by atoms with van der Waals surface area (Å²) in [5, 5.41) is 11.2. The first-order chi connectivity index (χ1) is 11.6. The highest BCUT2D eigenvalue weighted by atomic mass is 16.5. The number of hydrogen-bond acceptors (Lipinski definition) is 3. The first-order valence-electron chi connectivity index (χ1n) is 8.57. The topological polar surface area (TPSA) is 38.7 Å². The summed E-state index contributed by atoms with van der Waals surface area (Å²) in [4.78, 5) is 0. The average molecular weight is 326 g/mol. The monoisotopic (exact) mass is 326 g/mol. The third-order valence-corrected chi connectivity index (χ3v) is 5.33. The van der Waals surface area contributed by atoms with E-state index in [2.05, 4.69) is 12.1 Å². The van der Waals surface area contributed by atoms with Crippen molar-refractivity contribution in [1.82, 2.24) is 0 Å². The van der Waals surface area contributed by atoms with Crippen LogP contribution in [-0.2, 0) is 5.60 Å². The molecule has 2 aromatic rings. The number of rotatable bonds is 4. The van der Waals surface area contributed by atoms with Crippen molar-refractivity contribution in [1.29, 1.82) is 0 Å². The molecule has 1 aliphatic carbocycles. The third kappa shape index (κ3) is 3.27. The highest BCUT2D eigenvalue weighted by Crippen LogP contribution is 2.44. The first kappa shape index (κ1) is 16.8. The molecule has 1 saturated carbocycles. The molecule has 3 nitrogen and oxygen atoms in total. The second kappa shape index (κ2) is 6.86. The number of aryl methyl sites for hydroxylation is 1. The molecule has 128 valence electrons. The van der Waals surface area contributed by atoms with Gasteiger partial charge in [0.25, 0.3) is 0 Å². The zero-order valence-corrected chi connectivity index (χ0v) is 14.7. The Bertz CT molecular complexity index is 683. The van der Waals surface area contributed by atoms with E-state index in [9.17, 15) is 5.11 Å². The van der Waals surface area contributed by atoms with Crippen molar-refractivity contribution < 1.29 is 14.6 Å². The summed E-state index contributed by atoms with van der Waals surface area (Å²) in [6.45, 7) is 2.05. The van der Waals surface area contributed by atoms with Gasteiger partial charge < -0.3 is 14.6 Å². The molecule has 0 bridgehead atoms. The molecule has 0 radical (unpaired) electrons. The van der Waals surface area contributed by atoms with E-state index < -0.39 is 5.60 Å². The zero-order chi connectivity index (χ0) is 17.2. The molecule has 3 rings (SSSR count). The van der Waals surface area contributed by atoms with E-state index in [4.69, 9.17) is 9.47 Å². The van der Waals surface area contributed by atoms with Gasteiger partial charge in [-0.2, -0.15) is 0 Å². The normalized spacial score (nSPS) is 23.8. The minimum absolute atomic E-state index is 0.509. The second-order valence-corrected chi connectivity index (χ2v) is 6.76. The number of ether oxygens (including phenoxy) is 2. The maximum absolute atomic E-state index is 11.2. The van der Waals surface area contributed by atoms with Crippen molar-refractivity contribution in [2.45, 2.75) is 44.1 Å². The Morgan fingerprint density at radius 3 is 2.04 bits per heavy atom. The Balaban J connectivity index is 1.73. The molecule has 1 N–H and O–H groups in total. The van der Waals surface area contributed by atoms with Crippen LogP contribution in [0.3, 0.4) is 0 Å². The summed E-state index contributed by atoms with van der Waals surface area (Å²) < 4.78 is 10.5. The van der Waals surface area contributed by atoms with E-state index in [0.29, 0.717) is 5.92 Å². The minimum atomic E-state index is -0.723. The summed E-state index contributed by atoms with van der Waals surface area (Å²) in [5.41, 5.74) is 2.75. The highest BCUT2D eigenvalue weighted by molar-refractivity contribution is 5.39. The van der Waals surface area contributed by atoms with Gasteiger partial charge in [0.15, 0.2) is 0 Å². The van der Waals surface area contributed by atoms with Crippen molar-refractivity contribution >= 4 is 0 Å². The second-order valence-electron chi connectivity index (χ2n) is 6.76.